The van der Waals surface area contributed by atoms with Gasteiger partial charge in [-0.1, -0.05) is 11.6 Å². The van der Waals surface area contributed by atoms with Crippen molar-refractivity contribution in [2.75, 3.05) is 38.7 Å². The minimum absolute atomic E-state index is 0.150. The van der Waals surface area contributed by atoms with Crippen LogP contribution in [-0.2, 0) is 21.1 Å². The molecule has 0 spiro atoms. The van der Waals surface area contributed by atoms with E-state index in [1.54, 1.807) is 19.2 Å². The Morgan fingerprint density at radius 1 is 1.36 bits per heavy atom. The van der Waals surface area contributed by atoms with Crippen molar-refractivity contribution in [3.05, 3.63) is 22.7 Å². The number of hydrogen-bond donors (Lipinski definition) is 2. The van der Waals surface area contributed by atoms with E-state index in [1.807, 2.05) is 0 Å². The second-order valence-corrected chi connectivity index (χ2v) is 10.2. The van der Waals surface area contributed by atoms with Crippen LogP contribution in [0.15, 0.2) is 12.1 Å². The van der Waals surface area contributed by atoms with Gasteiger partial charge < -0.3 is 21.1 Å². The molecule has 1 aliphatic heterocycles. The van der Waals surface area contributed by atoms with Crippen LogP contribution in [0.2, 0.25) is 5.02 Å². The van der Waals surface area contributed by atoms with Crippen LogP contribution in [-0.4, -0.2) is 57.5 Å². The number of Topliss-reactive ketones (excluding diaryl/α,β-unsaturated/α-hetero) is 1. The highest BCUT2D eigenvalue weighted by Gasteiger charge is 2.24. The zero-order valence-corrected chi connectivity index (χ0v) is 18.1. The van der Waals surface area contributed by atoms with E-state index in [9.17, 15) is 13.2 Å². The smallest absolute Gasteiger partial charge is 0.163 e. The summed E-state index contributed by atoms with van der Waals surface area (Å²) in [5.41, 5.74) is 12.7. The van der Waals surface area contributed by atoms with E-state index in [1.165, 1.54) is 6.26 Å². The Morgan fingerprint density at radius 3 is 2.57 bits per heavy atom. The number of methoxy groups -OCH3 is 1. The van der Waals surface area contributed by atoms with Crippen molar-refractivity contribution < 1.29 is 17.9 Å². The molecule has 0 aliphatic carbocycles. The van der Waals surface area contributed by atoms with Gasteiger partial charge in [0.05, 0.1) is 17.8 Å². The highest BCUT2D eigenvalue weighted by atomic mass is 35.5. The van der Waals surface area contributed by atoms with Crippen LogP contribution >= 0.6 is 11.6 Å². The van der Waals surface area contributed by atoms with Crippen molar-refractivity contribution in [2.45, 2.75) is 37.5 Å². The number of sulfone groups is 1. The van der Waals surface area contributed by atoms with Crippen molar-refractivity contribution in [3.8, 4) is 5.75 Å². The number of ether oxygens (including phenoxy) is 1. The van der Waals surface area contributed by atoms with Crippen molar-refractivity contribution in [2.24, 2.45) is 11.7 Å². The van der Waals surface area contributed by atoms with Gasteiger partial charge in [-0.2, -0.15) is 0 Å². The summed E-state index contributed by atoms with van der Waals surface area (Å²) in [7, 11) is -1.65. The topological polar surface area (TPSA) is 116 Å². The lowest BCUT2D eigenvalue weighted by Crippen LogP contribution is -2.39. The Balaban J connectivity index is 1.80. The first-order chi connectivity index (χ1) is 13.1. The van der Waals surface area contributed by atoms with Crippen LogP contribution in [0.1, 0.15) is 31.2 Å². The number of carbonyl (C=O) groups is 1. The summed E-state index contributed by atoms with van der Waals surface area (Å²) < 4.78 is 28.1. The summed E-state index contributed by atoms with van der Waals surface area (Å²) in [4.78, 5) is 14.7. The highest BCUT2D eigenvalue weighted by molar-refractivity contribution is 7.91. The van der Waals surface area contributed by atoms with E-state index >= 15 is 0 Å². The molecule has 1 aliphatic rings. The summed E-state index contributed by atoms with van der Waals surface area (Å²) >= 11 is 6.07. The number of halogens is 1. The fourth-order valence-corrected chi connectivity index (χ4v) is 4.20. The molecule has 158 valence electrons. The first-order valence-electron chi connectivity index (χ1n) is 9.40. The van der Waals surface area contributed by atoms with Crippen LogP contribution in [0.4, 0.5) is 5.69 Å². The minimum Gasteiger partial charge on any atom is -0.496 e. The molecular formula is C19H30ClN3O4S. The Bertz CT molecular complexity index is 793. The van der Waals surface area contributed by atoms with Gasteiger partial charge in [0, 0.05) is 37.3 Å². The van der Waals surface area contributed by atoms with E-state index in [4.69, 9.17) is 27.8 Å². The maximum absolute atomic E-state index is 12.5. The number of nitrogen functional groups attached to an aromatic ring is 1. The molecule has 28 heavy (non-hydrogen) atoms. The van der Waals surface area contributed by atoms with Gasteiger partial charge in [-0.05, 0) is 44.3 Å². The van der Waals surface area contributed by atoms with E-state index in [-0.39, 0.29) is 12.2 Å². The quantitative estimate of drug-likeness (QED) is 0.573. The third kappa shape index (κ3) is 6.62. The number of nitrogens with two attached hydrogens (primary N) is 2. The molecule has 2 rings (SSSR count). The first kappa shape index (κ1) is 22.9. The number of carbonyl (C=O) groups excluding carboxylic acids is 1. The van der Waals surface area contributed by atoms with Crippen LogP contribution in [0.25, 0.3) is 0 Å². The molecule has 1 fully saturated rings. The van der Waals surface area contributed by atoms with Crippen molar-refractivity contribution in [3.63, 3.8) is 0 Å². The van der Waals surface area contributed by atoms with Gasteiger partial charge in [-0.15, -0.1) is 0 Å². The first-order valence-corrected chi connectivity index (χ1v) is 11.7. The number of piperidine rings is 1. The predicted molar refractivity (Wildman–Crippen MR) is 112 cm³/mol. The Kier molecular flexibility index (Phi) is 8.12. The van der Waals surface area contributed by atoms with Crippen LogP contribution < -0.4 is 16.2 Å². The van der Waals surface area contributed by atoms with Gasteiger partial charge in [0.15, 0.2) is 9.84 Å². The summed E-state index contributed by atoms with van der Waals surface area (Å²) in [5, 5.41) is -0.391. The molecule has 0 aromatic heterocycles. The normalized spacial score (nSPS) is 17.4. The lowest BCUT2D eigenvalue weighted by atomic mass is 9.90. The summed E-state index contributed by atoms with van der Waals surface area (Å²) in [6.07, 6.45) is 4.21. The third-order valence-corrected chi connectivity index (χ3v) is 6.95. The standard InChI is InChI=1S/C19H30ClN3O4S/c1-27-18-12-17(21)16(20)11-14(18)10-15(24)9-13-3-6-23(7-4-13)8-5-19(22)28(2,25)26/h11-13,19H,3-10,21-22H2,1-2H3. The fraction of sp³-hybridized carbons (Fsp3) is 0.632. The number of rotatable bonds is 9. The van der Waals surface area contributed by atoms with Gasteiger partial charge in [-0.3, -0.25) is 4.79 Å². The summed E-state index contributed by atoms with van der Waals surface area (Å²) in [6, 6.07) is 3.34. The maximum atomic E-state index is 12.5. The number of ketones is 1. The van der Waals surface area contributed by atoms with Gasteiger partial charge in [0.2, 0.25) is 0 Å². The third-order valence-electron chi connectivity index (χ3n) is 5.29. The van der Waals surface area contributed by atoms with Crippen LogP contribution in [0, 0.1) is 5.92 Å². The molecule has 1 atom stereocenters. The molecule has 1 aromatic rings. The minimum atomic E-state index is -3.19. The van der Waals surface area contributed by atoms with Gasteiger partial charge in [0.1, 0.15) is 16.9 Å². The van der Waals surface area contributed by atoms with E-state index < -0.39 is 15.2 Å². The molecule has 1 unspecified atom stereocenters. The number of nitrogens with zero attached hydrogens (tertiary/aromatic N) is 1. The lowest BCUT2D eigenvalue weighted by Gasteiger charge is -2.32. The van der Waals surface area contributed by atoms with Gasteiger partial charge in [-0.25, -0.2) is 8.42 Å². The molecule has 1 heterocycles. The van der Waals surface area contributed by atoms with Crippen molar-refractivity contribution >= 4 is 32.9 Å². The molecule has 0 saturated carbocycles. The average molecular weight is 432 g/mol. The molecular weight excluding hydrogens is 402 g/mol. The monoisotopic (exact) mass is 431 g/mol. The lowest BCUT2D eigenvalue weighted by molar-refractivity contribution is -0.119. The summed E-state index contributed by atoms with van der Waals surface area (Å²) in [6.45, 7) is 2.37. The molecule has 4 N–H and O–H groups in total. The number of anilines is 1. The Hall–Kier alpha value is -1.35. The zero-order chi connectivity index (χ0) is 20.9. The van der Waals surface area contributed by atoms with E-state index in [0.717, 1.165) is 31.5 Å². The van der Waals surface area contributed by atoms with Gasteiger partial charge >= 0.3 is 0 Å². The number of hydrogen-bond acceptors (Lipinski definition) is 7. The molecule has 9 heteroatoms. The molecule has 0 bridgehead atoms. The molecule has 1 saturated heterocycles. The number of benzene rings is 1. The Labute approximate surface area is 172 Å². The Morgan fingerprint density at radius 2 is 2.00 bits per heavy atom. The highest BCUT2D eigenvalue weighted by Crippen LogP contribution is 2.30. The molecule has 0 radical (unpaired) electrons. The molecule has 0 amide bonds. The second-order valence-electron chi connectivity index (χ2n) is 7.55. The summed E-state index contributed by atoms with van der Waals surface area (Å²) in [5.74, 6) is 1.06. The maximum Gasteiger partial charge on any atom is 0.163 e. The zero-order valence-electron chi connectivity index (χ0n) is 16.5. The van der Waals surface area contributed by atoms with Crippen LogP contribution in [0.5, 0.6) is 5.75 Å². The second kappa shape index (κ2) is 9.91. The predicted octanol–water partition coefficient (Wildman–Crippen LogP) is 1.86. The number of likely N-dealkylation sites (tertiary alicyclic amines) is 1. The molecule has 7 nitrogen and oxygen atoms in total. The SMILES string of the molecule is COc1cc(N)c(Cl)cc1CC(=O)CC1CCN(CCC(N)S(C)(=O)=O)CC1. The van der Waals surface area contributed by atoms with E-state index in [0.29, 0.717) is 41.8 Å². The van der Waals surface area contributed by atoms with Crippen LogP contribution in [0.3, 0.4) is 0 Å². The molecule has 1 aromatic carbocycles. The van der Waals surface area contributed by atoms with Gasteiger partial charge in [0.25, 0.3) is 0 Å². The largest absolute Gasteiger partial charge is 0.496 e. The fourth-order valence-electron chi connectivity index (χ4n) is 3.48. The van der Waals surface area contributed by atoms with Crippen molar-refractivity contribution in [1.29, 1.82) is 0 Å². The van der Waals surface area contributed by atoms with E-state index in [2.05, 4.69) is 4.90 Å². The van der Waals surface area contributed by atoms with Crippen molar-refractivity contribution in [1.82, 2.24) is 4.90 Å². The average Bonchev–Trinajstić information content (AvgIpc) is 2.62.